The number of carbonyl (C=O) groups is 1. The van der Waals surface area contributed by atoms with Crippen LogP contribution in [0.3, 0.4) is 0 Å². The zero-order chi connectivity index (χ0) is 15.5. The van der Waals surface area contributed by atoms with Crippen molar-refractivity contribution < 1.29 is 4.79 Å². The number of aliphatic imine (C=N–C) groups is 1. The predicted octanol–water partition coefficient (Wildman–Crippen LogP) is 2.92. The lowest BCUT2D eigenvalue weighted by molar-refractivity contribution is 0.100. The first-order chi connectivity index (χ1) is 10.6. The molecule has 0 radical (unpaired) electrons. The van der Waals surface area contributed by atoms with E-state index in [1.807, 2.05) is 30.3 Å². The van der Waals surface area contributed by atoms with E-state index in [9.17, 15) is 4.79 Å². The second kappa shape index (κ2) is 5.69. The van der Waals surface area contributed by atoms with Crippen molar-refractivity contribution in [2.24, 2.45) is 16.5 Å². The molecule has 4 N–H and O–H groups in total. The molecule has 0 fully saturated rings. The van der Waals surface area contributed by atoms with E-state index in [1.165, 1.54) is 5.39 Å². The fourth-order valence-corrected chi connectivity index (χ4v) is 2.38. The highest BCUT2D eigenvalue weighted by Gasteiger charge is 2.07. The number of rotatable bonds is 2. The molecule has 0 bridgehead atoms. The number of nitrogens with zero attached hydrogens (tertiary/aromatic N) is 1. The molecule has 4 heteroatoms. The number of nitrogens with two attached hydrogens (primary N) is 2. The van der Waals surface area contributed by atoms with Gasteiger partial charge in [-0.25, -0.2) is 0 Å². The monoisotopic (exact) mass is 289 g/mol. The topological polar surface area (TPSA) is 81.5 Å². The molecule has 3 aromatic rings. The van der Waals surface area contributed by atoms with Crippen LogP contribution in [0, 0.1) is 0 Å². The minimum Gasteiger partial charge on any atom is -0.370 e. The quantitative estimate of drug-likeness (QED) is 0.562. The molecule has 3 aromatic carbocycles. The van der Waals surface area contributed by atoms with Gasteiger partial charge >= 0.3 is 0 Å². The fraction of sp³-hybridized carbons (Fsp3) is 0. The number of carbonyl (C=O) groups excluding carboxylic acids is 1. The average molecular weight is 289 g/mol. The molecule has 1 amide bonds. The molecule has 0 aliphatic heterocycles. The highest BCUT2D eigenvalue weighted by atomic mass is 16.1. The Kier molecular flexibility index (Phi) is 3.58. The number of amides is 1. The van der Waals surface area contributed by atoms with E-state index in [4.69, 9.17) is 11.5 Å². The summed E-state index contributed by atoms with van der Waals surface area (Å²) in [6, 6.07) is 21.6. The van der Waals surface area contributed by atoms with E-state index < -0.39 is 5.91 Å². The third-order valence-electron chi connectivity index (χ3n) is 3.42. The van der Waals surface area contributed by atoms with Gasteiger partial charge in [-0.15, -0.1) is 0 Å². The molecule has 0 saturated carbocycles. The van der Waals surface area contributed by atoms with Crippen LogP contribution < -0.4 is 11.5 Å². The maximum Gasteiger partial charge on any atom is 0.280 e. The van der Waals surface area contributed by atoms with Gasteiger partial charge in [-0.1, -0.05) is 48.5 Å². The summed E-state index contributed by atoms with van der Waals surface area (Å²) in [5, 5.41) is 2.33. The Labute approximate surface area is 128 Å². The third-order valence-corrected chi connectivity index (χ3v) is 3.42. The zero-order valence-electron chi connectivity index (χ0n) is 11.9. The number of hydrogen-bond acceptors (Lipinski definition) is 1. The molecule has 0 unspecified atom stereocenters. The Balaban J connectivity index is 2.03. The number of fused-ring (bicyclic) bond motifs is 1. The average Bonchev–Trinajstić information content (AvgIpc) is 2.54. The van der Waals surface area contributed by atoms with Crippen molar-refractivity contribution in [1.82, 2.24) is 0 Å². The van der Waals surface area contributed by atoms with Gasteiger partial charge in [-0.05, 0) is 40.1 Å². The van der Waals surface area contributed by atoms with Gasteiger partial charge in [0, 0.05) is 5.56 Å². The molecular weight excluding hydrogens is 274 g/mol. The Morgan fingerprint density at radius 2 is 1.50 bits per heavy atom. The van der Waals surface area contributed by atoms with Gasteiger partial charge in [0.05, 0.1) is 0 Å². The van der Waals surface area contributed by atoms with Crippen molar-refractivity contribution in [1.29, 1.82) is 0 Å². The number of hydrogen-bond donors (Lipinski definition) is 2. The maximum atomic E-state index is 11.9. The van der Waals surface area contributed by atoms with Crippen molar-refractivity contribution in [3.05, 3.63) is 72.3 Å². The SMILES string of the molecule is NC(N)=NC(=O)c1cccc(-c2ccc3ccccc3c2)c1. The molecule has 0 heterocycles. The first-order valence-corrected chi connectivity index (χ1v) is 6.87. The summed E-state index contributed by atoms with van der Waals surface area (Å²) >= 11 is 0. The Bertz CT molecular complexity index is 880. The Morgan fingerprint density at radius 1 is 0.773 bits per heavy atom. The molecule has 0 saturated heterocycles. The molecule has 108 valence electrons. The van der Waals surface area contributed by atoms with Crippen LogP contribution >= 0.6 is 0 Å². The molecule has 0 aliphatic rings. The molecule has 4 nitrogen and oxygen atoms in total. The molecule has 0 aromatic heterocycles. The van der Waals surface area contributed by atoms with E-state index in [2.05, 4.69) is 29.3 Å². The van der Waals surface area contributed by atoms with Crippen LogP contribution in [0.25, 0.3) is 21.9 Å². The summed E-state index contributed by atoms with van der Waals surface area (Å²) in [5.74, 6) is -0.677. The first kappa shape index (κ1) is 13.8. The molecule has 0 aliphatic carbocycles. The summed E-state index contributed by atoms with van der Waals surface area (Å²) in [6.45, 7) is 0. The largest absolute Gasteiger partial charge is 0.370 e. The predicted molar refractivity (Wildman–Crippen MR) is 89.5 cm³/mol. The Hall–Kier alpha value is -3.14. The standard InChI is InChI=1S/C18H15N3O/c19-18(20)21-17(22)16-7-3-6-14(11-16)15-9-8-12-4-1-2-5-13(12)10-15/h1-11H,(H4,19,20,21,22). The van der Waals surface area contributed by atoms with Crippen LogP contribution in [0.4, 0.5) is 0 Å². The summed E-state index contributed by atoms with van der Waals surface area (Å²) in [7, 11) is 0. The number of benzene rings is 3. The highest BCUT2D eigenvalue weighted by Crippen LogP contribution is 2.25. The zero-order valence-corrected chi connectivity index (χ0v) is 11.9. The third kappa shape index (κ3) is 2.81. The van der Waals surface area contributed by atoms with Crippen LogP contribution in [0.15, 0.2) is 71.7 Å². The van der Waals surface area contributed by atoms with Crippen molar-refractivity contribution >= 4 is 22.6 Å². The van der Waals surface area contributed by atoms with Crippen LogP contribution in [-0.4, -0.2) is 11.9 Å². The van der Waals surface area contributed by atoms with Gasteiger partial charge in [0.25, 0.3) is 5.91 Å². The van der Waals surface area contributed by atoms with Gasteiger partial charge in [0.2, 0.25) is 0 Å². The summed E-state index contributed by atoms with van der Waals surface area (Å²) in [4.78, 5) is 15.5. The van der Waals surface area contributed by atoms with Gasteiger partial charge in [-0.2, -0.15) is 4.99 Å². The molecule has 3 rings (SSSR count). The van der Waals surface area contributed by atoms with Gasteiger partial charge < -0.3 is 11.5 Å². The van der Waals surface area contributed by atoms with E-state index in [1.54, 1.807) is 12.1 Å². The summed E-state index contributed by atoms with van der Waals surface area (Å²) < 4.78 is 0. The Morgan fingerprint density at radius 3 is 2.27 bits per heavy atom. The lowest BCUT2D eigenvalue weighted by Crippen LogP contribution is -2.24. The molecule has 0 spiro atoms. The van der Waals surface area contributed by atoms with Crippen LogP contribution in [0.2, 0.25) is 0 Å². The van der Waals surface area contributed by atoms with Crippen molar-refractivity contribution in [3.63, 3.8) is 0 Å². The van der Waals surface area contributed by atoms with E-state index >= 15 is 0 Å². The molecular formula is C18H15N3O. The molecule has 0 atom stereocenters. The normalized spacial score (nSPS) is 10.4. The van der Waals surface area contributed by atoms with Gasteiger partial charge in [-0.3, -0.25) is 4.79 Å². The molecule has 22 heavy (non-hydrogen) atoms. The smallest absolute Gasteiger partial charge is 0.280 e. The first-order valence-electron chi connectivity index (χ1n) is 6.87. The highest BCUT2D eigenvalue weighted by molar-refractivity contribution is 6.02. The number of guanidine groups is 1. The summed E-state index contributed by atoms with van der Waals surface area (Å²) in [5.41, 5.74) is 12.9. The summed E-state index contributed by atoms with van der Waals surface area (Å²) in [6.07, 6.45) is 0. The van der Waals surface area contributed by atoms with Gasteiger partial charge in [0.1, 0.15) is 0 Å². The second-order valence-electron chi connectivity index (χ2n) is 4.98. The minimum absolute atomic E-state index is 0.235. The lowest BCUT2D eigenvalue weighted by Gasteiger charge is -2.05. The minimum atomic E-state index is -0.442. The van der Waals surface area contributed by atoms with Crippen molar-refractivity contribution in [2.75, 3.05) is 0 Å². The second-order valence-corrected chi connectivity index (χ2v) is 4.98. The van der Waals surface area contributed by atoms with Crippen molar-refractivity contribution in [3.8, 4) is 11.1 Å². The van der Waals surface area contributed by atoms with Crippen molar-refractivity contribution in [2.45, 2.75) is 0 Å². The fourth-order valence-electron chi connectivity index (χ4n) is 2.38. The van der Waals surface area contributed by atoms with E-state index in [0.29, 0.717) is 5.56 Å². The lowest BCUT2D eigenvalue weighted by atomic mass is 9.99. The van der Waals surface area contributed by atoms with Gasteiger partial charge in [0.15, 0.2) is 5.96 Å². The van der Waals surface area contributed by atoms with E-state index in [-0.39, 0.29) is 5.96 Å². The maximum absolute atomic E-state index is 11.9. The van der Waals surface area contributed by atoms with E-state index in [0.717, 1.165) is 16.5 Å². The van der Waals surface area contributed by atoms with Crippen LogP contribution in [0.5, 0.6) is 0 Å². The van der Waals surface area contributed by atoms with Crippen LogP contribution in [-0.2, 0) is 0 Å². The van der Waals surface area contributed by atoms with Crippen LogP contribution in [0.1, 0.15) is 10.4 Å².